The Kier molecular flexibility index (Phi) is 4.18. The number of benzene rings is 1. The summed E-state index contributed by atoms with van der Waals surface area (Å²) in [5.74, 6) is 1.37. The van der Waals surface area contributed by atoms with Gasteiger partial charge in [0.05, 0.1) is 13.3 Å². The van der Waals surface area contributed by atoms with E-state index < -0.39 is 10.0 Å². The third-order valence-corrected chi connectivity index (χ3v) is 4.43. The molecule has 0 atom stereocenters. The molecule has 0 fully saturated rings. The zero-order valence-corrected chi connectivity index (χ0v) is 13.0. The number of methoxy groups -OCH3 is 1. The molecule has 0 radical (unpaired) electrons. The van der Waals surface area contributed by atoms with Crippen LogP contribution in [-0.2, 0) is 16.6 Å². The summed E-state index contributed by atoms with van der Waals surface area (Å²) >= 11 is 0. The van der Waals surface area contributed by atoms with Gasteiger partial charge in [-0.1, -0.05) is 17.3 Å². The van der Waals surface area contributed by atoms with Gasteiger partial charge in [-0.25, -0.2) is 13.1 Å². The lowest BCUT2D eigenvalue weighted by atomic mass is 10.2. The van der Waals surface area contributed by atoms with Gasteiger partial charge in [-0.05, 0) is 29.8 Å². The minimum Gasteiger partial charge on any atom is -0.497 e. The molecule has 0 aliphatic heterocycles. The summed E-state index contributed by atoms with van der Waals surface area (Å²) in [6.07, 6.45) is 1.45. The van der Waals surface area contributed by atoms with Crippen molar-refractivity contribution in [1.82, 2.24) is 9.88 Å². The fourth-order valence-electron chi connectivity index (χ4n) is 1.93. The van der Waals surface area contributed by atoms with E-state index in [1.54, 1.807) is 37.4 Å². The van der Waals surface area contributed by atoms with E-state index in [4.69, 9.17) is 13.7 Å². The van der Waals surface area contributed by atoms with Gasteiger partial charge in [0, 0.05) is 12.6 Å². The second kappa shape index (κ2) is 6.27. The Bertz CT molecular complexity index is 867. The largest absolute Gasteiger partial charge is 0.497 e. The van der Waals surface area contributed by atoms with Crippen LogP contribution in [0.1, 0.15) is 5.56 Å². The van der Waals surface area contributed by atoms with Gasteiger partial charge in [-0.15, -0.1) is 0 Å². The summed E-state index contributed by atoms with van der Waals surface area (Å²) in [7, 11) is -2.18. The predicted molar refractivity (Wildman–Crippen MR) is 81.2 cm³/mol. The van der Waals surface area contributed by atoms with Crippen molar-refractivity contribution >= 4 is 10.0 Å². The molecule has 0 amide bonds. The minimum absolute atomic E-state index is 0.144. The Labute approximate surface area is 132 Å². The summed E-state index contributed by atoms with van der Waals surface area (Å²) < 4.78 is 42.2. The fourth-order valence-corrected chi connectivity index (χ4v) is 2.88. The molecule has 2 heterocycles. The van der Waals surface area contributed by atoms with Crippen molar-refractivity contribution in [2.45, 2.75) is 11.6 Å². The number of nitrogens with one attached hydrogen (secondary N) is 1. The standard InChI is InChI=1S/C15H14N2O5S/c1-20-12-4-2-11(3-5-12)10-17-23(18,19)15-7-6-13(21-15)14-8-9-16-22-14/h2-9,17H,10H2,1H3. The normalized spacial score (nSPS) is 11.5. The molecule has 0 unspecified atom stereocenters. The average molecular weight is 334 g/mol. The average Bonchev–Trinajstić information content (AvgIpc) is 3.24. The summed E-state index contributed by atoms with van der Waals surface area (Å²) in [5.41, 5.74) is 0.802. The molecule has 0 saturated heterocycles. The third-order valence-electron chi connectivity index (χ3n) is 3.15. The second-order valence-electron chi connectivity index (χ2n) is 4.67. The molecule has 2 aromatic heterocycles. The van der Waals surface area contributed by atoms with E-state index in [1.165, 1.54) is 18.3 Å². The highest BCUT2D eigenvalue weighted by atomic mass is 32.2. The first-order valence-corrected chi connectivity index (χ1v) is 8.20. The molecule has 0 spiro atoms. The van der Waals surface area contributed by atoms with Gasteiger partial charge in [-0.2, -0.15) is 0 Å². The first-order valence-electron chi connectivity index (χ1n) is 6.72. The topological polar surface area (TPSA) is 94.6 Å². The first-order chi connectivity index (χ1) is 11.1. The Morgan fingerprint density at radius 3 is 2.52 bits per heavy atom. The van der Waals surface area contributed by atoms with E-state index in [0.717, 1.165) is 5.56 Å². The molecule has 0 saturated carbocycles. The van der Waals surface area contributed by atoms with Gasteiger partial charge >= 0.3 is 0 Å². The van der Waals surface area contributed by atoms with Crippen LogP contribution in [0, 0.1) is 0 Å². The van der Waals surface area contributed by atoms with Crippen LogP contribution in [0.25, 0.3) is 11.5 Å². The number of furan rings is 1. The number of hydrogen-bond acceptors (Lipinski definition) is 6. The van der Waals surface area contributed by atoms with Crippen LogP contribution in [0.15, 0.2) is 62.7 Å². The molecule has 8 heteroatoms. The SMILES string of the molecule is COc1ccc(CNS(=O)(=O)c2ccc(-c3ccno3)o2)cc1. The summed E-state index contributed by atoms with van der Waals surface area (Å²) in [5, 5.41) is 3.37. The van der Waals surface area contributed by atoms with Crippen LogP contribution in [0.5, 0.6) is 5.75 Å². The molecule has 120 valence electrons. The third kappa shape index (κ3) is 3.43. The monoisotopic (exact) mass is 334 g/mol. The van der Waals surface area contributed by atoms with Gasteiger partial charge in [-0.3, -0.25) is 0 Å². The van der Waals surface area contributed by atoms with Gasteiger partial charge < -0.3 is 13.7 Å². The molecule has 23 heavy (non-hydrogen) atoms. The van der Waals surface area contributed by atoms with E-state index in [9.17, 15) is 8.42 Å². The van der Waals surface area contributed by atoms with E-state index in [-0.39, 0.29) is 11.6 Å². The van der Waals surface area contributed by atoms with Crippen LogP contribution in [0.4, 0.5) is 0 Å². The van der Waals surface area contributed by atoms with Crippen molar-refractivity contribution in [3.63, 3.8) is 0 Å². The molecule has 3 aromatic rings. The minimum atomic E-state index is -3.75. The lowest BCUT2D eigenvalue weighted by Crippen LogP contribution is -2.22. The Morgan fingerprint density at radius 1 is 1.09 bits per heavy atom. The second-order valence-corrected chi connectivity index (χ2v) is 6.37. The maximum atomic E-state index is 12.2. The lowest BCUT2D eigenvalue weighted by molar-refractivity contribution is 0.400. The number of aromatic nitrogens is 1. The van der Waals surface area contributed by atoms with E-state index in [0.29, 0.717) is 17.3 Å². The molecule has 0 aliphatic carbocycles. The summed E-state index contributed by atoms with van der Waals surface area (Å²) in [4.78, 5) is 0. The Balaban J connectivity index is 1.71. The molecule has 1 N–H and O–H groups in total. The number of ether oxygens (including phenoxy) is 1. The van der Waals surface area contributed by atoms with Crippen LogP contribution < -0.4 is 9.46 Å². The highest BCUT2D eigenvalue weighted by molar-refractivity contribution is 7.89. The highest BCUT2D eigenvalue weighted by Gasteiger charge is 2.20. The molecular weight excluding hydrogens is 320 g/mol. The van der Waals surface area contributed by atoms with Crippen molar-refractivity contribution in [2.75, 3.05) is 7.11 Å². The molecule has 1 aromatic carbocycles. The first kappa shape index (κ1) is 15.3. The summed E-state index contributed by atoms with van der Waals surface area (Å²) in [6.45, 7) is 0.144. The lowest BCUT2D eigenvalue weighted by Gasteiger charge is -2.05. The van der Waals surface area contributed by atoms with E-state index in [2.05, 4.69) is 9.88 Å². The molecular formula is C15H14N2O5S. The number of sulfonamides is 1. The molecule has 7 nitrogen and oxygen atoms in total. The predicted octanol–water partition coefficient (Wildman–Crippen LogP) is 2.42. The van der Waals surface area contributed by atoms with Gasteiger partial charge in [0.2, 0.25) is 10.9 Å². The van der Waals surface area contributed by atoms with Crippen molar-refractivity contribution in [1.29, 1.82) is 0 Å². The van der Waals surface area contributed by atoms with Crippen molar-refractivity contribution in [2.24, 2.45) is 0 Å². The van der Waals surface area contributed by atoms with Crippen LogP contribution in [-0.4, -0.2) is 20.7 Å². The zero-order valence-electron chi connectivity index (χ0n) is 12.2. The molecule has 0 bridgehead atoms. The van der Waals surface area contributed by atoms with Crippen molar-refractivity contribution in [3.8, 4) is 17.3 Å². The Morgan fingerprint density at radius 2 is 1.87 bits per heavy atom. The smallest absolute Gasteiger partial charge is 0.274 e. The van der Waals surface area contributed by atoms with Crippen molar-refractivity contribution < 1.29 is 22.1 Å². The Hall–Kier alpha value is -2.58. The summed E-state index contributed by atoms with van der Waals surface area (Å²) in [6, 6.07) is 11.6. The highest BCUT2D eigenvalue weighted by Crippen LogP contribution is 2.24. The number of hydrogen-bond donors (Lipinski definition) is 1. The van der Waals surface area contributed by atoms with Crippen molar-refractivity contribution in [3.05, 3.63) is 54.2 Å². The maximum Gasteiger partial charge on any atom is 0.274 e. The number of rotatable bonds is 6. The van der Waals surface area contributed by atoms with E-state index >= 15 is 0 Å². The van der Waals surface area contributed by atoms with Crippen LogP contribution >= 0.6 is 0 Å². The van der Waals surface area contributed by atoms with Crippen LogP contribution in [0.2, 0.25) is 0 Å². The number of nitrogens with zero attached hydrogens (tertiary/aromatic N) is 1. The van der Waals surface area contributed by atoms with Gasteiger partial charge in [0.1, 0.15) is 5.75 Å². The van der Waals surface area contributed by atoms with Gasteiger partial charge in [0.15, 0.2) is 5.76 Å². The maximum absolute atomic E-state index is 12.2. The quantitative estimate of drug-likeness (QED) is 0.744. The zero-order chi connectivity index (χ0) is 16.3. The molecule has 0 aliphatic rings. The van der Waals surface area contributed by atoms with Gasteiger partial charge in [0.25, 0.3) is 10.0 Å². The van der Waals surface area contributed by atoms with E-state index in [1.807, 2.05) is 0 Å². The van der Waals surface area contributed by atoms with Crippen LogP contribution in [0.3, 0.4) is 0 Å². The fraction of sp³-hybridized carbons (Fsp3) is 0.133. The molecule has 3 rings (SSSR count).